The lowest BCUT2D eigenvalue weighted by molar-refractivity contribution is 0.421. The maximum atomic E-state index is 5.61. The van der Waals surface area contributed by atoms with Gasteiger partial charge in [0.05, 0.1) is 12.2 Å². The first-order valence-corrected chi connectivity index (χ1v) is 7.82. The number of hydrogen-bond acceptors (Lipinski definition) is 5. The van der Waals surface area contributed by atoms with Gasteiger partial charge in [-0.25, -0.2) is 0 Å². The fourth-order valence-corrected chi connectivity index (χ4v) is 2.50. The van der Waals surface area contributed by atoms with Crippen molar-refractivity contribution in [3.05, 3.63) is 34.3 Å². The Morgan fingerprint density at radius 2 is 2.20 bits per heavy atom. The van der Waals surface area contributed by atoms with E-state index in [-0.39, 0.29) is 5.54 Å². The van der Waals surface area contributed by atoms with E-state index in [0.29, 0.717) is 6.01 Å². The highest BCUT2D eigenvalue weighted by Crippen LogP contribution is 2.19. The number of nitrogens with one attached hydrogen (secondary N) is 1. The van der Waals surface area contributed by atoms with Crippen molar-refractivity contribution in [2.75, 3.05) is 11.4 Å². The molecule has 2 aromatic heterocycles. The summed E-state index contributed by atoms with van der Waals surface area (Å²) in [5.74, 6) is 0. The van der Waals surface area contributed by atoms with Gasteiger partial charge in [0.25, 0.3) is 6.01 Å². The monoisotopic (exact) mass is 293 g/mol. The third kappa shape index (κ3) is 4.35. The van der Waals surface area contributed by atoms with Crippen molar-refractivity contribution in [3.63, 3.8) is 0 Å². The first-order chi connectivity index (χ1) is 9.48. The smallest absolute Gasteiger partial charge is 0.297 e. The van der Waals surface area contributed by atoms with Crippen LogP contribution in [0.1, 0.15) is 38.3 Å². The zero-order chi connectivity index (χ0) is 14.6. The van der Waals surface area contributed by atoms with Crippen LogP contribution in [0.25, 0.3) is 0 Å². The van der Waals surface area contributed by atoms with Crippen LogP contribution in [0.15, 0.2) is 28.2 Å². The fraction of sp³-hybridized carbons (Fsp3) is 0.533. The summed E-state index contributed by atoms with van der Waals surface area (Å²) in [4.78, 5) is 8.03. The topological polar surface area (TPSA) is 41.3 Å². The number of rotatable bonds is 6. The molecule has 0 spiro atoms. The maximum absolute atomic E-state index is 5.61. The zero-order valence-electron chi connectivity index (χ0n) is 12.6. The number of nitrogens with zero attached hydrogens (tertiary/aromatic N) is 2. The minimum absolute atomic E-state index is 0.0839. The van der Waals surface area contributed by atoms with E-state index in [1.54, 1.807) is 17.6 Å². The van der Waals surface area contributed by atoms with E-state index < -0.39 is 0 Å². The van der Waals surface area contributed by atoms with Gasteiger partial charge >= 0.3 is 0 Å². The van der Waals surface area contributed by atoms with Crippen LogP contribution >= 0.6 is 11.3 Å². The molecule has 0 fully saturated rings. The van der Waals surface area contributed by atoms with E-state index in [1.165, 1.54) is 4.88 Å². The Hall–Kier alpha value is -1.33. The molecular formula is C15H23N3OS. The Labute approximate surface area is 124 Å². The lowest BCUT2D eigenvalue weighted by Crippen LogP contribution is -2.35. The molecule has 2 aromatic rings. The lowest BCUT2D eigenvalue weighted by atomic mass is 10.1. The Balaban J connectivity index is 1.99. The predicted molar refractivity (Wildman–Crippen MR) is 84.1 cm³/mol. The lowest BCUT2D eigenvalue weighted by Gasteiger charge is -2.19. The second-order valence-corrected chi connectivity index (χ2v) is 6.85. The molecule has 0 atom stereocenters. The van der Waals surface area contributed by atoms with Gasteiger partial charge in [-0.2, -0.15) is 4.98 Å². The van der Waals surface area contributed by atoms with Crippen LogP contribution in [0.2, 0.25) is 0 Å². The molecule has 0 aliphatic carbocycles. The number of anilines is 1. The Morgan fingerprint density at radius 3 is 2.80 bits per heavy atom. The standard InChI is InChI=1S/C15H23N3OS/c1-5-18(10-13-7-6-8-20-13)14-17-12(11-19-14)9-16-15(2,3)4/h6-8,11,16H,5,9-10H2,1-4H3. The molecule has 0 saturated carbocycles. The molecule has 0 saturated heterocycles. The summed E-state index contributed by atoms with van der Waals surface area (Å²) in [5.41, 5.74) is 1.03. The summed E-state index contributed by atoms with van der Waals surface area (Å²) >= 11 is 1.76. The molecule has 2 heterocycles. The van der Waals surface area contributed by atoms with Gasteiger partial charge in [0.1, 0.15) is 6.26 Å². The molecule has 0 amide bonds. The molecule has 0 bridgehead atoms. The Bertz CT molecular complexity index is 513. The number of aromatic nitrogens is 1. The van der Waals surface area contributed by atoms with Gasteiger partial charge in [-0.15, -0.1) is 11.3 Å². The second kappa shape index (κ2) is 6.41. The highest BCUT2D eigenvalue weighted by molar-refractivity contribution is 7.09. The van der Waals surface area contributed by atoms with Crippen LogP contribution in [-0.2, 0) is 13.1 Å². The predicted octanol–water partition coefficient (Wildman–Crippen LogP) is 3.65. The van der Waals surface area contributed by atoms with Gasteiger partial charge in [0.15, 0.2) is 0 Å². The SMILES string of the molecule is CCN(Cc1cccs1)c1nc(CNC(C)(C)C)co1. The summed E-state index contributed by atoms with van der Waals surface area (Å²) in [6, 6.07) is 4.91. The summed E-state index contributed by atoms with van der Waals surface area (Å²) < 4.78 is 5.61. The van der Waals surface area contributed by atoms with Crippen LogP contribution < -0.4 is 10.2 Å². The fourth-order valence-electron chi connectivity index (χ4n) is 1.78. The molecule has 0 aliphatic rings. The van der Waals surface area contributed by atoms with Crippen molar-refractivity contribution in [1.29, 1.82) is 0 Å². The summed E-state index contributed by atoms with van der Waals surface area (Å²) in [6.07, 6.45) is 1.74. The molecule has 4 nitrogen and oxygen atoms in total. The van der Waals surface area contributed by atoms with E-state index in [9.17, 15) is 0 Å². The normalized spacial score (nSPS) is 11.8. The molecule has 5 heteroatoms. The van der Waals surface area contributed by atoms with Gasteiger partial charge < -0.3 is 14.6 Å². The molecule has 0 unspecified atom stereocenters. The largest absolute Gasteiger partial charge is 0.432 e. The summed E-state index contributed by atoms with van der Waals surface area (Å²) in [7, 11) is 0. The highest BCUT2D eigenvalue weighted by atomic mass is 32.1. The first kappa shape index (κ1) is 15.1. The third-order valence-electron chi connectivity index (χ3n) is 2.92. The van der Waals surface area contributed by atoms with Gasteiger partial charge in [0.2, 0.25) is 0 Å². The third-order valence-corrected chi connectivity index (χ3v) is 3.78. The van der Waals surface area contributed by atoms with Gasteiger partial charge in [0, 0.05) is 23.5 Å². The van der Waals surface area contributed by atoms with Crippen molar-refractivity contribution in [3.8, 4) is 0 Å². The van der Waals surface area contributed by atoms with Crippen LogP contribution in [0.3, 0.4) is 0 Å². The summed E-state index contributed by atoms with van der Waals surface area (Å²) in [5, 5.41) is 5.51. The molecule has 110 valence electrons. The van der Waals surface area contributed by atoms with Gasteiger partial charge in [-0.05, 0) is 39.1 Å². The van der Waals surface area contributed by atoms with Crippen molar-refractivity contribution in [2.45, 2.75) is 46.3 Å². The molecule has 1 N–H and O–H groups in total. The van der Waals surface area contributed by atoms with E-state index >= 15 is 0 Å². The molecule has 20 heavy (non-hydrogen) atoms. The second-order valence-electron chi connectivity index (χ2n) is 5.82. The van der Waals surface area contributed by atoms with E-state index in [4.69, 9.17) is 4.42 Å². The molecular weight excluding hydrogens is 270 g/mol. The molecule has 0 radical (unpaired) electrons. The van der Waals surface area contributed by atoms with Crippen LogP contribution in [0.5, 0.6) is 0 Å². The quantitative estimate of drug-likeness (QED) is 0.882. The highest BCUT2D eigenvalue weighted by Gasteiger charge is 2.14. The molecule has 0 aromatic carbocycles. The summed E-state index contributed by atoms with van der Waals surface area (Å²) in [6.45, 7) is 11.0. The molecule has 0 aliphatic heterocycles. The van der Waals surface area contributed by atoms with Crippen molar-refractivity contribution in [1.82, 2.24) is 10.3 Å². The van der Waals surface area contributed by atoms with Gasteiger partial charge in [-0.1, -0.05) is 6.07 Å². The Kier molecular flexibility index (Phi) is 4.83. The average molecular weight is 293 g/mol. The van der Waals surface area contributed by atoms with Crippen LogP contribution in [-0.4, -0.2) is 17.1 Å². The number of oxazole rings is 1. The van der Waals surface area contributed by atoms with E-state index in [2.05, 4.69) is 60.4 Å². The van der Waals surface area contributed by atoms with Crippen LogP contribution in [0.4, 0.5) is 6.01 Å². The van der Waals surface area contributed by atoms with Crippen molar-refractivity contribution >= 4 is 17.4 Å². The van der Waals surface area contributed by atoms with Crippen LogP contribution in [0, 0.1) is 0 Å². The minimum Gasteiger partial charge on any atom is -0.432 e. The molecule has 2 rings (SSSR count). The number of hydrogen-bond donors (Lipinski definition) is 1. The average Bonchev–Trinajstić information content (AvgIpc) is 3.04. The Morgan fingerprint density at radius 1 is 1.40 bits per heavy atom. The maximum Gasteiger partial charge on any atom is 0.297 e. The van der Waals surface area contributed by atoms with Crippen molar-refractivity contribution < 1.29 is 4.42 Å². The van der Waals surface area contributed by atoms with E-state index in [1.807, 2.05) is 0 Å². The number of thiophene rings is 1. The first-order valence-electron chi connectivity index (χ1n) is 6.94. The van der Waals surface area contributed by atoms with Crippen molar-refractivity contribution in [2.24, 2.45) is 0 Å². The zero-order valence-corrected chi connectivity index (χ0v) is 13.5. The van der Waals surface area contributed by atoms with Gasteiger partial charge in [-0.3, -0.25) is 0 Å². The minimum atomic E-state index is 0.0839. The van der Waals surface area contributed by atoms with E-state index in [0.717, 1.165) is 25.3 Å².